The van der Waals surface area contributed by atoms with E-state index in [4.69, 9.17) is 14.7 Å². The van der Waals surface area contributed by atoms with E-state index in [-0.39, 0.29) is 40.5 Å². The van der Waals surface area contributed by atoms with Crippen molar-refractivity contribution in [3.63, 3.8) is 0 Å². The second-order valence-corrected chi connectivity index (χ2v) is 12.9. The van der Waals surface area contributed by atoms with Crippen molar-refractivity contribution in [2.45, 2.75) is 84.2 Å². The number of hydrogen-bond acceptors (Lipinski definition) is 6. The number of aromatic nitrogens is 2. The Hall–Kier alpha value is -2.99. The van der Waals surface area contributed by atoms with Crippen molar-refractivity contribution in [1.29, 1.82) is 5.26 Å². The SMILES string of the molecule is CC1(C)CC=C(c2cc(C(C)(C)CN3CC4OC(C)(C)O[C@@H]4C3)ccc2NC(=O)c2ncc(C#N)[nH]2)CC1. The first-order valence-corrected chi connectivity index (χ1v) is 13.5. The number of rotatable bonds is 6. The summed E-state index contributed by atoms with van der Waals surface area (Å²) in [5, 5.41) is 12.1. The molecule has 1 aromatic carbocycles. The van der Waals surface area contributed by atoms with Crippen LogP contribution in [0.1, 0.15) is 88.2 Å². The predicted octanol–water partition coefficient (Wildman–Crippen LogP) is 5.24. The molecule has 2 atom stereocenters. The molecule has 2 fully saturated rings. The van der Waals surface area contributed by atoms with Crippen molar-refractivity contribution < 1.29 is 14.3 Å². The van der Waals surface area contributed by atoms with Crippen LogP contribution in [0.3, 0.4) is 0 Å². The van der Waals surface area contributed by atoms with Crippen molar-refractivity contribution in [2.75, 3.05) is 25.0 Å². The van der Waals surface area contributed by atoms with Crippen LogP contribution in [-0.4, -0.2) is 58.4 Å². The summed E-state index contributed by atoms with van der Waals surface area (Å²) >= 11 is 0. The van der Waals surface area contributed by atoms with Crippen LogP contribution in [0.2, 0.25) is 0 Å². The summed E-state index contributed by atoms with van der Waals surface area (Å²) in [5.41, 5.74) is 4.71. The van der Waals surface area contributed by atoms with Crippen LogP contribution >= 0.6 is 0 Å². The normalized spacial score (nSPS) is 24.5. The van der Waals surface area contributed by atoms with Crippen LogP contribution in [0.25, 0.3) is 5.57 Å². The van der Waals surface area contributed by atoms with E-state index < -0.39 is 5.79 Å². The fourth-order valence-electron chi connectivity index (χ4n) is 5.92. The number of likely N-dealkylation sites (tertiary alicyclic amines) is 1. The minimum Gasteiger partial charge on any atom is -0.343 e. The molecule has 2 aromatic rings. The summed E-state index contributed by atoms with van der Waals surface area (Å²) in [6, 6.07) is 8.35. The molecule has 1 amide bonds. The molecule has 1 aromatic heterocycles. The van der Waals surface area contributed by atoms with E-state index in [9.17, 15) is 4.79 Å². The first-order chi connectivity index (χ1) is 17.8. The number of carbonyl (C=O) groups excluding carboxylic acids is 1. The molecule has 2 N–H and O–H groups in total. The molecule has 2 saturated heterocycles. The molecule has 38 heavy (non-hydrogen) atoms. The Morgan fingerprint density at radius 3 is 2.55 bits per heavy atom. The average Bonchev–Trinajstić information content (AvgIpc) is 3.52. The number of anilines is 1. The molecule has 5 rings (SSSR count). The standard InChI is InChI=1S/C30H39N5O3/c1-28(2)11-9-19(10-12-28)22-13-20(7-8-23(22)34-27(36)26-32-15-21(14-31)33-26)29(3,4)18-35-16-24-25(17-35)38-30(5,6)37-24/h7-9,13,15,24-25H,10-12,16-18H2,1-6H3,(H,32,33)(H,34,36)/t24-,25?/m1/s1. The van der Waals surface area contributed by atoms with Crippen LogP contribution < -0.4 is 5.32 Å². The van der Waals surface area contributed by atoms with Crippen LogP contribution in [0.5, 0.6) is 0 Å². The maximum absolute atomic E-state index is 13.0. The molecular weight excluding hydrogens is 478 g/mol. The third-order valence-electron chi connectivity index (χ3n) is 8.06. The molecule has 8 nitrogen and oxygen atoms in total. The topological polar surface area (TPSA) is 103 Å². The number of ether oxygens (including phenoxy) is 2. The molecule has 1 unspecified atom stereocenters. The Morgan fingerprint density at radius 1 is 1.24 bits per heavy atom. The van der Waals surface area contributed by atoms with Gasteiger partial charge in [0.25, 0.3) is 5.91 Å². The van der Waals surface area contributed by atoms with Gasteiger partial charge in [0.2, 0.25) is 0 Å². The van der Waals surface area contributed by atoms with E-state index in [1.54, 1.807) is 0 Å². The summed E-state index contributed by atoms with van der Waals surface area (Å²) in [5.74, 6) is -0.730. The number of nitriles is 1. The zero-order chi connectivity index (χ0) is 27.3. The smallest absolute Gasteiger partial charge is 0.291 e. The summed E-state index contributed by atoms with van der Waals surface area (Å²) in [7, 11) is 0. The van der Waals surface area contributed by atoms with Gasteiger partial charge in [-0.25, -0.2) is 4.98 Å². The Kier molecular flexibility index (Phi) is 6.75. The van der Waals surface area contributed by atoms with Gasteiger partial charge in [-0.15, -0.1) is 0 Å². The monoisotopic (exact) mass is 517 g/mol. The number of hydrogen-bond donors (Lipinski definition) is 2. The number of fused-ring (bicyclic) bond motifs is 1. The Morgan fingerprint density at radius 2 is 1.95 bits per heavy atom. The number of allylic oxidation sites excluding steroid dienone is 2. The van der Waals surface area contributed by atoms with Gasteiger partial charge in [0.1, 0.15) is 24.0 Å². The first kappa shape index (κ1) is 26.6. The Labute approximate surface area is 225 Å². The minimum absolute atomic E-state index is 0.118. The lowest BCUT2D eigenvalue weighted by atomic mass is 9.75. The summed E-state index contributed by atoms with van der Waals surface area (Å²) < 4.78 is 12.2. The highest BCUT2D eigenvalue weighted by Crippen LogP contribution is 2.42. The van der Waals surface area contributed by atoms with Crippen LogP contribution in [-0.2, 0) is 14.9 Å². The van der Waals surface area contributed by atoms with E-state index in [2.05, 4.69) is 66.1 Å². The fraction of sp³-hybridized carbons (Fsp3) is 0.567. The molecule has 2 aliphatic heterocycles. The van der Waals surface area contributed by atoms with Gasteiger partial charge in [-0.1, -0.05) is 39.8 Å². The van der Waals surface area contributed by atoms with E-state index in [0.29, 0.717) is 0 Å². The predicted molar refractivity (Wildman–Crippen MR) is 147 cm³/mol. The summed E-state index contributed by atoms with van der Waals surface area (Å²) in [6.45, 7) is 15.7. The van der Waals surface area contributed by atoms with Gasteiger partial charge in [0, 0.05) is 36.3 Å². The zero-order valence-corrected chi connectivity index (χ0v) is 23.4. The number of nitrogens with one attached hydrogen (secondary N) is 2. The van der Waals surface area contributed by atoms with E-state index in [1.165, 1.54) is 17.3 Å². The number of aromatic amines is 1. The summed E-state index contributed by atoms with van der Waals surface area (Å²) in [4.78, 5) is 22.2. The largest absolute Gasteiger partial charge is 0.343 e. The highest BCUT2D eigenvalue weighted by Gasteiger charge is 2.47. The summed E-state index contributed by atoms with van der Waals surface area (Å²) in [6.07, 6.45) is 6.98. The second-order valence-electron chi connectivity index (χ2n) is 12.9. The number of H-pyrrole nitrogens is 1. The molecule has 0 spiro atoms. The lowest BCUT2D eigenvalue weighted by Gasteiger charge is -2.33. The fourth-order valence-corrected chi connectivity index (χ4v) is 5.92. The number of imidazole rings is 1. The molecule has 0 saturated carbocycles. The van der Waals surface area contributed by atoms with Gasteiger partial charge in [-0.05, 0) is 61.8 Å². The molecular formula is C30H39N5O3. The van der Waals surface area contributed by atoms with Crippen molar-refractivity contribution in [1.82, 2.24) is 14.9 Å². The van der Waals surface area contributed by atoms with Crippen molar-refractivity contribution >= 4 is 17.2 Å². The molecule has 3 aliphatic rings. The molecule has 0 bridgehead atoms. The van der Waals surface area contributed by atoms with Gasteiger partial charge < -0.3 is 19.8 Å². The average molecular weight is 518 g/mol. The zero-order valence-electron chi connectivity index (χ0n) is 23.4. The lowest BCUT2D eigenvalue weighted by molar-refractivity contribution is -0.155. The third kappa shape index (κ3) is 5.56. The maximum atomic E-state index is 13.0. The van der Waals surface area contributed by atoms with Crippen molar-refractivity contribution in [2.24, 2.45) is 5.41 Å². The Balaban J connectivity index is 1.39. The van der Waals surface area contributed by atoms with E-state index in [0.717, 1.165) is 50.1 Å². The number of carbonyl (C=O) groups is 1. The lowest BCUT2D eigenvalue weighted by Crippen LogP contribution is -2.38. The van der Waals surface area contributed by atoms with E-state index >= 15 is 0 Å². The van der Waals surface area contributed by atoms with E-state index in [1.807, 2.05) is 26.0 Å². The second kappa shape index (κ2) is 9.64. The molecule has 202 valence electrons. The highest BCUT2D eigenvalue weighted by atomic mass is 16.8. The first-order valence-electron chi connectivity index (χ1n) is 13.5. The molecule has 8 heteroatoms. The number of amides is 1. The third-order valence-corrected chi connectivity index (χ3v) is 8.06. The minimum atomic E-state index is -0.500. The van der Waals surface area contributed by atoms with Crippen LogP contribution in [0, 0.1) is 16.7 Å². The number of nitrogens with zero attached hydrogens (tertiary/aromatic N) is 3. The quantitative estimate of drug-likeness (QED) is 0.543. The highest BCUT2D eigenvalue weighted by molar-refractivity contribution is 6.03. The number of benzene rings is 1. The van der Waals surface area contributed by atoms with Crippen molar-refractivity contribution in [3.05, 3.63) is 53.1 Å². The van der Waals surface area contributed by atoms with Crippen molar-refractivity contribution in [3.8, 4) is 6.07 Å². The molecule has 1 aliphatic carbocycles. The van der Waals surface area contributed by atoms with Gasteiger partial charge in [0.05, 0.1) is 6.20 Å². The van der Waals surface area contributed by atoms with Gasteiger partial charge in [-0.3, -0.25) is 9.69 Å². The van der Waals surface area contributed by atoms with Gasteiger partial charge >= 0.3 is 0 Å². The van der Waals surface area contributed by atoms with Crippen LogP contribution in [0.15, 0.2) is 30.5 Å². The molecule has 3 heterocycles. The maximum Gasteiger partial charge on any atom is 0.291 e. The van der Waals surface area contributed by atoms with Gasteiger partial charge in [0.15, 0.2) is 11.6 Å². The molecule has 0 radical (unpaired) electrons. The Bertz CT molecular complexity index is 1280. The van der Waals surface area contributed by atoms with Gasteiger partial charge in [-0.2, -0.15) is 5.26 Å². The van der Waals surface area contributed by atoms with Crippen LogP contribution in [0.4, 0.5) is 5.69 Å².